The Kier molecular flexibility index (Phi) is 7.76. The van der Waals surface area contributed by atoms with Crippen molar-refractivity contribution in [1.29, 1.82) is 0 Å². The van der Waals surface area contributed by atoms with Crippen LogP contribution in [-0.4, -0.2) is 37.7 Å². The maximum absolute atomic E-state index is 5.75. The van der Waals surface area contributed by atoms with E-state index in [9.17, 15) is 0 Å². The van der Waals surface area contributed by atoms with Crippen LogP contribution in [0.1, 0.15) is 31.0 Å². The lowest BCUT2D eigenvalue weighted by Crippen LogP contribution is -2.40. The van der Waals surface area contributed by atoms with Crippen molar-refractivity contribution >= 4 is 5.96 Å². The van der Waals surface area contributed by atoms with Crippen LogP contribution in [-0.2, 0) is 6.42 Å². The molecule has 0 saturated carbocycles. The van der Waals surface area contributed by atoms with Crippen molar-refractivity contribution in [3.63, 3.8) is 0 Å². The zero-order valence-electron chi connectivity index (χ0n) is 15.3. The number of pyridine rings is 1. The summed E-state index contributed by atoms with van der Waals surface area (Å²) in [5.74, 6) is 2.20. The summed E-state index contributed by atoms with van der Waals surface area (Å²) in [6.45, 7) is 6.43. The Morgan fingerprint density at radius 3 is 2.48 bits per heavy atom. The summed E-state index contributed by atoms with van der Waals surface area (Å²) in [4.78, 5) is 8.52. The summed E-state index contributed by atoms with van der Waals surface area (Å²) in [6.07, 6.45) is 2.67. The molecule has 0 spiro atoms. The predicted molar refractivity (Wildman–Crippen MR) is 103 cm³/mol. The van der Waals surface area contributed by atoms with Crippen molar-refractivity contribution in [2.75, 3.05) is 26.7 Å². The molecular weight excluding hydrogens is 312 g/mol. The molecule has 0 aliphatic carbocycles. The van der Waals surface area contributed by atoms with Crippen molar-refractivity contribution in [3.8, 4) is 5.75 Å². The molecule has 2 N–H and O–H groups in total. The minimum Gasteiger partial charge on any atom is -0.492 e. The summed E-state index contributed by atoms with van der Waals surface area (Å²) >= 11 is 0. The number of nitrogens with zero attached hydrogens (tertiary/aromatic N) is 2. The standard InChI is InChI=1S/C20H28N4O/c1-16(2)17-7-9-19(10-8-17)25-15-14-24-20(21-3)23-13-11-18-6-4-5-12-22-18/h4-10,12,16H,11,13-15H2,1-3H3,(H2,21,23,24). The Bertz CT molecular complexity index is 639. The number of aliphatic imine (C=N–C) groups is 1. The Balaban J connectivity index is 1.63. The maximum Gasteiger partial charge on any atom is 0.191 e. The van der Waals surface area contributed by atoms with Crippen LogP contribution in [0.25, 0.3) is 0 Å². The molecule has 1 aromatic heterocycles. The number of nitrogens with one attached hydrogen (secondary N) is 2. The van der Waals surface area contributed by atoms with Crippen LogP contribution in [0.3, 0.4) is 0 Å². The van der Waals surface area contributed by atoms with E-state index in [4.69, 9.17) is 4.74 Å². The molecule has 25 heavy (non-hydrogen) atoms. The molecule has 0 aliphatic heterocycles. The second-order valence-corrected chi connectivity index (χ2v) is 6.07. The summed E-state index contributed by atoms with van der Waals surface area (Å²) in [5, 5.41) is 6.53. The largest absolute Gasteiger partial charge is 0.492 e. The third-order valence-electron chi connectivity index (χ3n) is 3.83. The highest BCUT2D eigenvalue weighted by Gasteiger charge is 2.01. The predicted octanol–water partition coefficient (Wildman–Crippen LogP) is 2.99. The summed E-state index contributed by atoms with van der Waals surface area (Å²) in [7, 11) is 1.77. The van der Waals surface area contributed by atoms with E-state index in [1.165, 1.54) is 5.56 Å². The number of ether oxygens (including phenoxy) is 1. The lowest BCUT2D eigenvalue weighted by atomic mass is 10.0. The number of aromatic nitrogens is 1. The normalized spacial score (nSPS) is 11.4. The number of benzene rings is 1. The summed E-state index contributed by atoms with van der Waals surface area (Å²) in [5.41, 5.74) is 2.39. The quantitative estimate of drug-likeness (QED) is 0.441. The number of guanidine groups is 1. The molecule has 134 valence electrons. The van der Waals surface area contributed by atoms with Gasteiger partial charge in [0.15, 0.2) is 5.96 Å². The van der Waals surface area contributed by atoms with Gasteiger partial charge in [-0.05, 0) is 35.7 Å². The van der Waals surface area contributed by atoms with E-state index in [1.54, 1.807) is 7.05 Å². The minimum absolute atomic E-state index is 0.538. The molecule has 1 aromatic carbocycles. The molecule has 0 saturated heterocycles. The molecule has 1 heterocycles. The Morgan fingerprint density at radius 2 is 1.84 bits per heavy atom. The molecule has 0 bridgehead atoms. The lowest BCUT2D eigenvalue weighted by Gasteiger charge is -2.13. The van der Waals surface area contributed by atoms with Crippen LogP contribution >= 0.6 is 0 Å². The molecule has 0 radical (unpaired) electrons. The van der Waals surface area contributed by atoms with E-state index >= 15 is 0 Å². The van der Waals surface area contributed by atoms with Crippen LogP contribution in [0.4, 0.5) is 0 Å². The fourth-order valence-electron chi connectivity index (χ4n) is 2.36. The molecule has 0 atom stereocenters. The molecule has 0 fully saturated rings. The van der Waals surface area contributed by atoms with Gasteiger partial charge in [-0.2, -0.15) is 0 Å². The SMILES string of the molecule is CN=C(NCCOc1ccc(C(C)C)cc1)NCCc1ccccn1. The smallest absolute Gasteiger partial charge is 0.191 e. The van der Waals surface area contributed by atoms with E-state index in [0.717, 1.165) is 30.4 Å². The lowest BCUT2D eigenvalue weighted by molar-refractivity contribution is 0.322. The molecule has 5 heteroatoms. The number of rotatable bonds is 8. The highest BCUT2D eigenvalue weighted by Crippen LogP contribution is 2.18. The van der Waals surface area contributed by atoms with Gasteiger partial charge in [0.2, 0.25) is 0 Å². The Labute approximate surface area is 150 Å². The van der Waals surface area contributed by atoms with E-state index in [-0.39, 0.29) is 0 Å². The average molecular weight is 340 g/mol. The topological polar surface area (TPSA) is 58.5 Å². The zero-order valence-corrected chi connectivity index (χ0v) is 15.3. The molecule has 0 unspecified atom stereocenters. The highest BCUT2D eigenvalue weighted by atomic mass is 16.5. The molecule has 2 aromatic rings. The van der Waals surface area contributed by atoms with Crippen LogP contribution in [0, 0.1) is 0 Å². The van der Waals surface area contributed by atoms with Gasteiger partial charge >= 0.3 is 0 Å². The first-order valence-corrected chi connectivity index (χ1v) is 8.76. The average Bonchev–Trinajstić information content (AvgIpc) is 2.65. The van der Waals surface area contributed by atoms with E-state index in [2.05, 4.69) is 46.6 Å². The van der Waals surface area contributed by atoms with Crippen LogP contribution in [0.15, 0.2) is 53.7 Å². The minimum atomic E-state index is 0.538. The highest BCUT2D eigenvalue weighted by molar-refractivity contribution is 5.79. The first-order valence-electron chi connectivity index (χ1n) is 8.76. The van der Waals surface area contributed by atoms with Crippen molar-refractivity contribution in [2.24, 2.45) is 4.99 Å². The van der Waals surface area contributed by atoms with Gasteiger partial charge in [0.05, 0.1) is 6.54 Å². The summed E-state index contributed by atoms with van der Waals surface area (Å²) in [6, 6.07) is 14.2. The third-order valence-corrected chi connectivity index (χ3v) is 3.83. The monoisotopic (exact) mass is 340 g/mol. The first kappa shape index (κ1) is 18.8. The fourth-order valence-corrected chi connectivity index (χ4v) is 2.36. The Hall–Kier alpha value is -2.56. The maximum atomic E-state index is 5.75. The van der Waals surface area contributed by atoms with Gasteiger partial charge < -0.3 is 15.4 Å². The van der Waals surface area contributed by atoms with Crippen molar-refractivity contribution < 1.29 is 4.74 Å². The van der Waals surface area contributed by atoms with Crippen LogP contribution in [0.5, 0.6) is 5.75 Å². The third kappa shape index (κ3) is 6.83. The number of hydrogen-bond acceptors (Lipinski definition) is 3. The van der Waals surface area contributed by atoms with Gasteiger partial charge in [0.1, 0.15) is 12.4 Å². The van der Waals surface area contributed by atoms with Gasteiger partial charge in [-0.15, -0.1) is 0 Å². The first-order chi connectivity index (χ1) is 12.2. The van der Waals surface area contributed by atoms with Gasteiger partial charge in [0.25, 0.3) is 0 Å². The number of hydrogen-bond donors (Lipinski definition) is 2. The molecule has 0 aliphatic rings. The van der Waals surface area contributed by atoms with Gasteiger partial charge in [-0.1, -0.05) is 32.0 Å². The molecule has 2 rings (SSSR count). The second-order valence-electron chi connectivity index (χ2n) is 6.07. The second kappa shape index (κ2) is 10.3. The van der Waals surface area contributed by atoms with Crippen molar-refractivity contribution in [3.05, 3.63) is 59.9 Å². The Morgan fingerprint density at radius 1 is 1.08 bits per heavy atom. The van der Waals surface area contributed by atoms with Crippen LogP contribution in [0.2, 0.25) is 0 Å². The zero-order chi connectivity index (χ0) is 17.9. The van der Waals surface area contributed by atoms with E-state index < -0.39 is 0 Å². The molecular formula is C20H28N4O. The van der Waals surface area contributed by atoms with E-state index in [0.29, 0.717) is 19.1 Å². The van der Waals surface area contributed by atoms with Crippen molar-refractivity contribution in [2.45, 2.75) is 26.2 Å². The molecule has 5 nitrogen and oxygen atoms in total. The van der Waals surface area contributed by atoms with Crippen molar-refractivity contribution in [1.82, 2.24) is 15.6 Å². The van der Waals surface area contributed by atoms with Crippen LogP contribution < -0.4 is 15.4 Å². The van der Waals surface area contributed by atoms with Gasteiger partial charge in [0, 0.05) is 31.9 Å². The molecule has 0 amide bonds. The summed E-state index contributed by atoms with van der Waals surface area (Å²) < 4.78 is 5.75. The van der Waals surface area contributed by atoms with Gasteiger partial charge in [-0.25, -0.2) is 0 Å². The van der Waals surface area contributed by atoms with E-state index in [1.807, 2.05) is 36.5 Å². The van der Waals surface area contributed by atoms with Gasteiger partial charge in [-0.3, -0.25) is 9.98 Å². The fraction of sp³-hybridized carbons (Fsp3) is 0.400.